The van der Waals surface area contributed by atoms with Gasteiger partial charge in [0, 0.05) is 31.5 Å². The van der Waals surface area contributed by atoms with Gasteiger partial charge in [-0.3, -0.25) is 4.79 Å². The molecule has 24 heavy (non-hydrogen) atoms. The van der Waals surface area contributed by atoms with Crippen molar-refractivity contribution in [2.75, 3.05) is 13.1 Å². The monoisotopic (exact) mass is 333 g/mol. The number of urea groups is 1. The number of nitrogens with one attached hydrogen (secondary N) is 2. The molecule has 2 N–H and O–H groups in total. The Morgan fingerprint density at radius 1 is 1.42 bits per heavy atom. The Morgan fingerprint density at radius 3 is 2.83 bits per heavy atom. The first-order valence-electron chi connectivity index (χ1n) is 8.54. The van der Waals surface area contributed by atoms with E-state index in [0.717, 1.165) is 24.9 Å². The number of rotatable bonds is 5. The molecule has 0 radical (unpaired) electrons. The first kappa shape index (κ1) is 16.7. The molecule has 1 saturated carbocycles. The normalized spacial score (nSPS) is 21.7. The van der Waals surface area contributed by atoms with Crippen molar-refractivity contribution in [3.63, 3.8) is 0 Å². The molecule has 0 aromatic heterocycles. The maximum absolute atomic E-state index is 13.6. The van der Waals surface area contributed by atoms with Crippen LogP contribution < -0.4 is 10.6 Å². The van der Waals surface area contributed by atoms with Crippen LogP contribution in [0.1, 0.15) is 43.4 Å². The highest BCUT2D eigenvalue weighted by Gasteiger charge is 2.39. The van der Waals surface area contributed by atoms with Crippen molar-refractivity contribution in [1.29, 1.82) is 0 Å². The van der Waals surface area contributed by atoms with Gasteiger partial charge < -0.3 is 15.5 Å². The van der Waals surface area contributed by atoms with E-state index in [-0.39, 0.29) is 29.7 Å². The van der Waals surface area contributed by atoms with Crippen LogP contribution in [0.2, 0.25) is 0 Å². The molecule has 1 aromatic rings. The van der Waals surface area contributed by atoms with E-state index in [1.165, 1.54) is 6.07 Å². The Bertz CT molecular complexity index is 645. The molecule has 1 saturated heterocycles. The van der Waals surface area contributed by atoms with Crippen LogP contribution in [0.5, 0.6) is 0 Å². The summed E-state index contributed by atoms with van der Waals surface area (Å²) in [7, 11) is 0. The van der Waals surface area contributed by atoms with Crippen LogP contribution in [0.4, 0.5) is 9.18 Å². The summed E-state index contributed by atoms with van der Waals surface area (Å²) < 4.78 is 13.6. The second-order valence-electron chi connectivity index (χ2n) is 6.93. The van der Waals surface area contributed by atoms with E-state index in [1.807, 2.05) is 17.9 Å². The maximum atomic E-state index is 13.6. The minimum atomic E-state index is -0.291. The Morgan fingerprint density at radius 2 is 2.17 bits per heavy atom. The Hall–Kier alpha value is -2.11. The van der Waals surface area contributed by atoms with E-state index >= 15 is 0 Å². The molecule has 0 bridgehead atoms. The topological polar surface area (TPSA) is 61.4 Å². The van der Waals surface area contributed by atoms with Crippen molar-refractivity contribution in [3.8, 4) is 0 Å². The highest BCUT2D eigenvalue weighted by molar-refractivity contribution is 5.79. The summed E-state index contributed by atoms with van der Waals surface area (Å²) in [6.45, 7) is 4.74. The third kappa shape index (κ3) is 3.86. The molecule has 0 spiro atoms. The van der Waals surface area contributed by atoms with Crippen LogP contribution in [0.3, 0.4) is 0 Å². The minimum Gasteiger partial charge on any atom is -0.339 e. The first-order chi connectivity index (χ1) is 11.4. The maximum Gasteiger partial charge on any atom is 0.315 e. The number of hydrogen-bond acceptors (Lipinski definition) is 2. The predicted octanol–water partition coefficient (Wildman–Crippen LogP) is 2.51. The highest BCUT2D eigenvalue weighted by Crippen LogP contribution is 2.32. The van der Waals surface area contributed by atoms with E-state index in [9.17, 15) is 14.0 Å². The second-order valence-corrected chi connectivity index (χ2v) is 6.93. The summed E-state index contributed by atoms with van der Waals surface area (Å²) in [5, 5.41) is 5.64. The van der Waals surface area contributed by atoms with E-state index in [1.54, 1.807) is 13.0 Å². The third-order valence-corrected chi connectivity index (χ3v) is 4.82. The number of aryl methyl sites for hydroxylation is 1. The van der Waals surface area contributed by atoms with Crippen LogP contribution in [-0.2, 0) is 4.79 Å². The van der Waals surface area contributed by atoms with Gasteiger partial charge in [-0.2, -0.15) is 0 Å². The van der Waals surface area contributed by atoms with Gasteiger partial charge in [0.2, 0.25) is 5.91 Å². The molecule has 3 rings (SSSR count). The quantitative estimate of drug-likeness (QED) is 0.870. The van der Waals surface area contributed by atoms with Crippen LogP contribution in [0.15, 0.2) is 18.2 Å². The van der Waals surface area contributed by atoms with Crippen molar-refractivity contribution in [2.24, 2.45) is 5.92 Å². The molecule has 2 aliphatic rings. The van der Waals surface area contributed by atoms with E-state index in [4.69, 9.17) is 0 Å². The zero-order valence-corrected chi connectivity index (χ0v) is 14.1. The number of likely N-dealkylation sites (tertiary alicyclic amines) is 1. The van der Waals surface area contributed by atoms with Gasteiger partial charge in [-0.1, -0.05) is 12.1 Å². The summed E-state index contributed by atoms with van der Waals surface area (Å²) in [5.74, 6) is 0.107. The van der Waals surface area contributed by atoms with E-state index < -0.39 is 0 Å². The van der Waals surface area contributed by atoms with Crippen molar-refractivity contribution in [1.82, 2.24) is 15.5 Å². The Balaban J connectivity index is 1.45. The lowest BCUT2D eigenvalue weighted by molar-refractivity contribution is -0.128. The van der Waals surface area contributed by atoms with Crippen molar-refractivity contribution in [2.45, 2.75) is 45.2 Å². The molecule has 6 heteroatoms. The van der Waals surface area contributed by atoms with E-state index in [0.29, 0.717) is 24.6 Å². The number of amides is 3. The van der Waals surface area contributed by atoms with Gasteiger partial charge in [0.1, 0.15) is 5.82 Å². The summed E-state index contributed by atoms with van der Waals surface area (Å²) >= 11 is 0. The van der Waals surface area contributed by atoms with Crippen molar-refractivity contribution >= 4 is 11.9 Å². The molecule has 1 heterocycles. The van der Waals surface area contributed by atoms with Gasteiger partial charge in [0.05, 0.1) is 6.04 Å². The minimum absolute atomic E-state index is 0.177. The van der Waals surface area contributed by atoms with Crippen molar-refractivity contribution < 1.29 is 14.0 Å². The van der Waals surface area contributed by atoms with E-state index in [2.05, 4.69) is 10.6 Å². The zero-order valence-electron chi connectivity index (χ0n) is 14.1. The molecule has 2 fully saturated rings. The van der Waals surface area contributed by atoms with Gasteiger partial charge in [-0.25, -0.2) is 9.18 Å². The van der Waals surface area contributed by atoms with Gasteiger partial charge >= 0.3 is 6.03 Å². The average Bonchev–Trinajstić information content (AvgIpc) is 3.31. The number of nitrogens with zero attached hydrogens (tertiary/aromatic N) is 1. The Labute approximate surface area is 141 Å². The molecule has 2 atom stereocenters. The number of halogens is 1. The molecule has 1 aromatic carbocycles. The number of carbonyl (C=O) groups is 2. The van der Waals surface area contributed by atoms with Crippen LogP contribution in [-0.4, -0.2) is 36.0 Å². The SMILES string of the molecule is Cc1ccc([C@@H](C)NC(=O)NC[C@H]2CC(=O)N(C3CC3)C2)cc1F. The van der Waals surface area contributed by atoms with Gasteiger partial charge in [-0.05, 0) is 43.9 Å². The van der Waals surface area contributed by atoms with Gasteiger partial charge in [-0.15, -0.1) is 0 Å². The molecular formula is C18H24FN3O2. The summed E-state index contributed by atoms with van der Waals surface area (Å²) in [5.41, 5.74) is 1.31. The average molecular weight is 333 g/mol. The van der Waals surface area contributed by atoms with Gasteiger partial charge in [0.15, 0.2) is 0 Å². The molecular weight excluding hydrogens is 309 g/mol. The molecule has 130 valence electrons. The standard InChI is InChI=1S/C18H24FN3O2/c1-11-3-4-14(8-16(11)19)12(2)21-18(24)20-9-13-7-17(23)22(10-13)15-5-6-15/h3-4,8,12-13,15H,5-7,9-10H2,1-2H3,(H2,20,21,24)/t12-,13-/m1/s1. The Kier molecular flexibility index (Phi) is 4.73. The molecule has 0 unspecified atom stereocenters. The fourth-order valence-electron chi connectivity index (χ4n) is 3.13. The molecule has 1 aliphatic heterocycles. The number of hydrogen-bond donors (Lipinski definition) is 2. The molecule has 3 amide bonds. The number of carbonyl (C=O) groups excluding carboxylic acids is 2. The summed E-state index contributed by atoms with van der Waals surface area (Å²) in [6, 6.07) is 4.83. The second kappa shape index (κ2) is 6.79. The predicted molar refractivity (Wildman–Crippen MR) is 88.9 cm³/mol. The van der Waals surface area contributed by atoms with Crippen LogP contribution >= 0.6 is 0 Å². The van der Waals surface area contributed by atoms with Crippen LogP contribution in [0.25, 0.3) is 0 Å². The fourth-order valence-corrected chi connectivity index (χ4v) is 3.13. The lowest BCUT2D eigenvalue weighted by atomic mass is 10.1. The zero-order chi connectivity index (χ0) is 17.3. The van der Waals surface area contributed by atoms with Crippen molar-refractivity contribution in [3.05, 3.63) is 35.1 Å². The summed E-state index contributed by atoms with van der Waals surface area (Å²) in [6.07, 6.45) is 2.73. The first-order valence-corrected chi connectivity index (χ1v) is 8.54. The molecule has 5 nitrogen and oxygen atoms in total. The largest absolute Gasteiger partial charge is 0.339 e. The smallest absolute Gasteiger partial charge is 0.315 e. The summed E-state index contributed by atoms with van der Waals surface area (Å²) in [4.78, 5) is 25.9. The lowest BCUT2D eigenvalue weighted by Gasteiger charge is -2.18. The lowest BCUT2D eigenvalue weighted by Crippen LogP contribution is -2.40. The van der Waals surface area contributed by atoms with Crippen LogP contribution in [0, 0.1) is 18.7 Å². The fraction of sp³-hybridized carbons (Fsp3) is 0.556. The third-order valence-electron chi connectivity index (χ3n) is 4.82. The van der Waals surface area contributed by atoms with Gasteiger partial charge in [0.25, 0.3) is 0 Å². The number of benzene rings is 1. The highest BCUT2D eigenvalue weighted by atomic mass is 19.1. The molecule has 1 aliphatic carbocycles.